The molecule has 2 heterocycles. The number of fused-ring (bicyclic) bond motifs is 1. The van der Waals surface area contributed by atoms with Gasteiger partial charge in [-0.15, -0.1) is 0 Å². The maximum Gasteiger partial charge on any atom is 0.255 e. The summed E-state index contributed by atoms with van der Waals surface area (Å²) in [6.07, 6.45) is 3.95. The van der Waals surface area contributed by atoms with Crippen LogP contribution in [-0.2, 0) is 0 Å². The average Bonchev–Trinajstić information content (AvgIpc) is 3.28. The number of aromatic nitrogens is 2. The van der Waals surface area contributed by atoms with Crippen LogP contribution < -0.4 is 14.8 Å². The van der Waals surface area contributed by atoms with Crippen LogP contribution in [0.2, 0.25) is 0 Å². The van der Waals surface area contributed by atoms with Crippen LogP contribution in [0.1, 0.15) is 15.9 Å². The Hall–Kier alpha value is -4.58. The van der Waals surface area contributed by atoms with Gasteiger partial charge >= 0.3 is 0 Å². The van der Waals surface area contributed by atoms with Crippen LogP contribution >= 0.6 is 0 Å². The van der Waals surface area contributed by atoms with E-state index in [4.69, 9.17) is 14.5 Å². The minimum atomic E-state index is -0.243. The number of rotatable bonds is 6. The van der Waals surface area contributed by atoms with Crippen LogP contribution in [0.4, 0.5) is 5.69 Å². The van der Waals surface area contributed by atoms with Gasteiger partial charge in [-0.3, -0.25) is 4.79 Å². The van der Waals surface area contributed by atoms with Crippen molar-refractivity contribution in [1.29, 1.82) is 0 Å². The van der Waals surface area contributed by atoms with Crippen LogP contribution in [0, 0.1) is 6.92 Å². The molecular formula is C28H23N3O3. The molecule has 0 unspecified atom stereocenters. The third kappa shape index (κ3) is 4.47. The summed E-state index contributed by atoms with van der Waals surface area (Å²) in [6.45, 7) is 2.04. The zero-order valence-corrected chi connectivity index (χ0v) is 18.9. The Morgan fingerprint density at radius 2 is 1.68 bits per heavy atom. The maximum atomic E-state index is 13.0. The number of aryl methyl sites for hydroxylation is 1. The molecule has 0 aliphatic rings. The molecule has 0 atom stereocenters. The Kier molecular flexibility index (Phi) is 5.70. The highest BCUT2D eigenvalue weighted by molar-refractivity contribution is 6.05. The molecule has 3 aromatic carbocycles. The van der Waals surface area contributed by atoms with Crippen molar-refractivity contribution in [3.63, 3.8) is 0 Å². The van der Waals surface area contributed by atoms with Crippen molar-refractivity contribution >= 4 is 17.2 Å². The summed E-state index contributed by atoms with van der Waals surface area (Å²) in [5.74, 6) is 1.72. The molecular weight excluding hydrogens is 426 g/mol. The van der Waals surface area contributed by atoms with Gasteiger partial charge in [-0.2, -0.15) is 0 Å². The number of amides is 1. The van der Waals surface area contributed by atoms with E-state index in [9.17, 15) is 4.79 Å². The summed E-state index contributed by atoms with van der Waals surface area (Å²) >= 11 is 0. The number of methoxy groups -OCH3 is 1. The smallest absolute Gasteiger partial charge is 0.255 e. The van der Waals surface area contributed by atoms with E-state index in [2.05, 4.69) is 5.32 Å². The zero-order chi connectivity index (χ0) is 23.5. The number of ether oxygens (including phenoxy) is 2. The van der Waals surface area contributed by atoms with Crippen LogP contribution in [0.5, 0.6) is 17.2 Å². The summed E-state index contributed by atoms with van der Waals surface area (Å²) in [4.78, 5) is 17.7. The molecule has 5 aromatic rings. The van der Waals surface area contributed by atoms with Gasteiger partial charge in [-0.25, -0.2) is 4.98 Å². The number of hydrogen-bond acceptors (Lipinski definition) is 4. The van der Waals surface area contributed by atoms with Gasteiger partial charge < -0.3 is 19.2 Å². The molecule has 0 saturated carbocycles. The monoisotopic (exact) mass is 449 g/mol. The fourth-order valence-electron chi connectivity index (χ4n) is 3.68. The lowest BCUT2D eigenvalue weighted by Gasteiger charge is -2.12. The van der Waals surface area contributed by atoms with Crippen molar-refractivity contribution < 1.29 is 14.3 Å². The minimum Gasteiger partial charge on any atom is -0.495 e. The molecule has 0 aliphatic carbocycles. The first-order valence-electron chi connectivity index (χ1n) is 10.9. The minimum absolute atomic E-state index is 0.243. The van der Waals surface area contributed by atoms with Gasteiger partial charge in [0.2, 0.25) is 0 Å². The van der Waals surface area contributed by atoms with Gasteiger partial charge in [0.1, 0.15) is 22.9 Å². The number of nitrogens with one attached hydrogen (secondary N) is 1. The van der Waals surface area contributed by atoms with Crippen LogP contribution in [0.25, 0.3) is 16.9 Å². The molecule has 5 rings (SSSR count). The van der Waals surface area contributed by atoms with Gasteiger partial charge in [-0.1, -0.05) is 18.2 Å². The Labute approximate surface area is 197 Å². The van der Waals surface area contributed by atoms with E-state index in [1.807, 2.05) is 84.4 Å². The first-order valence-corrected chi connectivity index (χ1v) is 10.9. The third-order valence-electron chi connectivity index (χ3n) is 5.45. The second-order valence-electron chi connectivity index (χ2n) is 7.90. The standard InChI is InChI=1S/C28H23N3O3/c1-19-14-15-31-18-25(29-27(31)16-19)21-10-13-26(33-2)24(17-21)30-28(32)20-8-11-23(12-9-20)34-22-6-4-3-5-7-22/h3-18H,1-2H3,(H,30,32). The number of benzene rings is 3. The van der Waals surface area contributed by atoms with Crippen molar-refractivity contribution in [1.82, 2.24) is 9.38 Å². The Morgan fingerprint density at radius 3 is 2.44 bits per heavy atom. The maximum absolute atomic E-state index is 13.0. The lowest BCUT2D eigenvalue weighted by atomic mass is 10.1. The second-order valence-corrected chi connectivity index (χ2v) is 7.90. The van der Waals surface area contributed by atoms with Crippen molar-refractivity contribution in [3.05, 3.63) is 108 Å². The Morgan fingerprint density at radius 1 is 0.912 bits per heavy atom. The first kappa shape index (κ1) is 21.3. The Bertz CT molecular complexity index is 1460. The summed E-state index contributed by atoms with van der Waals surface area (Å²) in [5, 5.41) is 2.96. The first-order chi connectivity index (χ1) is 16.6. The van der Waals surface area contributed by atoms with E-state index in [0.29, 0.717) is 22.7 Å². The van der Waals surface area contributed by atoms with E-state index in [-0.39, 0.29) is 5.91 Å². The predicted octanol–water partition coefficient (Wildman–Crippen LogP) is 6.36. The number of hydrogen-bond donors (Lipinski definition) is 1. The van der Waals surface area contributed by atoms with Crippen LogP contribution in [0.3, 0.4) is 0 Å². The quantitative estimate of drug-likeness (QED) is 0.327. The highest BCUT2D eigenvalue weighted by atomic mass is 16.5. The molecule has 0 fully saturated rings. The van der Waals surface area contributed by atoms with Crippen molar-refractivity contribution in [3.8, 4) is 28.5 Å². The lowest BCUT2D eigenvalue weighted by molar-refractivity contribution is 0.102. The molecule has 0 radical (unpaired) electrons. The molecule has 168 valence electrons. The number of carbonyl (C=O) groups is 1. The highest BCUT2D eigenvalue weighted by Crippen LogP contribution is 2.31. The molecule has 2 aromatic heterocycles. The predicted molar refractivity (Wildman–Crippen MR) is 133 cm³/mol. The van der Waals surface area contributed by atoms with Gasteiger partial charge in [0.15, 0.2) is 0 Å². The summed E-state index contributed by atoms with van der Waals surface area (Å²) in [6, 6.07) is 26.2. The van der Waals surface area contributed by atoms with Crippen molar-refractivity contribution in [2.45, 2.75) is 6.92 Å². The van der Waals surface area contributed by atoms with E-state index in [1.54, 1.807) is 31.4 Å². The van der Waals surface area contributed by atoms with Crippen molar-refractivity contribution in [2.24, 2.45) is 0 Å². The fourth-order valence-corrected chi connectivity index (χ4v) is 3.68. The second kappa shape index (κ2) is 9.11. The van der Waals surface area contributed by atoms with Gasteiger partial charge in [-0.05, 0) is 79.2 Å². The topological polar surface area (TPSA) is 64.9 Å². The number of imidazole rings is 1. The van der Waals surface area contributed by atoms with Gasteiger partial charge in [0, 0.05) is 23.5 Å². The number of anilines is 1. The lowest BCUT2D eigenvalue weighted by Crippen LogP contribution is -2.12. The van der Waals surface area contributed by atoms with Crippen molar-refractivity contribution in [2.75, 3.05) is 12.4 Å². The fraction of sp³-hybridized carbons (Fsp3) is 0.0714. The van der Waals surface area contributed by atoms with E-state index >= 15 is 0 Å². The molecule has 1 N–H and O–H groups in total. The average molecular weight is 450 g/mol. The summed E-state index contributed by atoms with van der Waals surface area (Å²) in [5.41, 5.74) is 4.79. The number of nitrogens with zero attached hydrogens (tertiary/aromatic N) is 2. The SMILES string of the molecule is COc1ccc(-c2cn3ccc(C)cc3n2)cc1NC(=O)c1ccc(Oc2ccccc2)cc1. The molecule has 1 amide bonds. The summed E-state index contributed by atoms with van der Waals surface area (Å²) < 4.78 is 13.3. The zero-order valence-electron chi connectivity index (χ0n) is 18.9. The van der Waals surface area contributed by atoms with E-state index < -0.39 is 0 Å². The number of carbonyl (C=O) groups excluding carboxylic acids is 1. The number of pyridine rings is 1. The third-order valence-corrected chi connectivity index (χ3v) is 5.45. The molecule has 0 aliphatic heterocycles. The van der Waals surface area contributed by atoms with E-state index in [0.717, 1.165) is 28.2 Å². The molecule has 6 nitrogen and oxygen atoms in total. The van der Waals surface area contributed by atoms with E-state index in [1.165, 1.54) is 0 Å². The molecule has 6 heteroatoms. The highest BCUT2D eigenvalue weighted by Gasteiger charge is 2.13. The van der Waals surface area contributed by atoms with Gasteiger partial charge in [0.25, 0.3) is 5.91 Å². The molecule has 0 spiro atoms. The van der Waals surface area contributed by atoms with Gasteiger partial charge in [0.05, 0.1) is 18.5 Å². The molecule has 0 saturated heterocycles. The largest absolute Gasteiger partial charge is 0.495 e. The normalized spacial score (nSPS) is 10.8. The Balaban J connectivity index is 1.37. The molecule has 0 bridgehead atoms. The summed E-state index contributed by atoms with van der Waals surface area (Å²) in [7, 11) is 1.58. The molecule has 34 heavy (non-hydrogen) atoms. The number of para-hydroxylation sites is 1. The van der Waals surface area contributed by atoms with Crippen LogP contribution in [-0.4, -0.2) is 22.4 Å². The van der Waals surface area contributed by atoms with Crippen LogP contribution in [0.15, 0.2) is 97.3 Å².